The van der Waals surface area contributed by atoms with Crippen LogP contribution in [-0.2, 0) is 4.74 Å². The van der Waals surface area contributed by atoms with Gasteiger partial charge < -0.3 is 15.2 Å². The van der Waals surface area contributed by atoms with Crippen molar-refractivity contribution in [3.8, 4) is 5.75 Å². The molecule has 2 aromatic rings. The highest BCUT2D eigenvalue weighted by atomic mass is 16.5. The normalized spacial score (nSPS) is 27.5. The third-order valence-corrected chi connectivity index (χ3v) is 6.00. The number of ether oxygens (including phenoxy) is 2. The molecule has 26 heavy (non-hydrogen) atoms. The molecule has 0 amide bonds. The standard InChI is InChI=1S/C22H30N2O2/c1-25-21-9-6-17-12-19(5-4-18(17)13-21)22-15-24(10-11-26-22)14-16-2-7-20(23)8-3-16/h4-6,9,12-13,16,20,22H,2-3,7-8,10-11,14-15,23H2,1H3/t16?,20?,22-/m1/s1. The number of rotatable bonds is 4. The Kier molecular flexibility index (Phi) is 5.44. The van der Waals surface area contributed by atoms with Crippen molar-refractivity contribution < 1.29 is 9.47 Å². The van der Waals surface area contributed by atoms with E-state index in [1.807, 2.05) is 6.07 Å². The van der Waals surface area contributed by atoms with Gasteiger partial charge in [0.2, 0.25) is 0 Å². The highest BCUT2D eigenvalue weighted by molar-refractivity contribution is 5.84. The van der Waals surface area contributed by atoms with Gasteiger partial charge in [-0.25, -0.2) is 0 Å². The van der Waals surface area contributed by atoms with Gasteiger partial charge in [0, 0.05) is 25.7 Å². The molecule has 0 radical (unpaired) electrons. The zero-order chi connectivity index (χ0) is 17.9. The molecule has 0 spiro atoms. The molecule has 0 unspecified atom stereocenters. The maximum Gasteiger partial charge on any atom is 0.119 e. The summed E-state index contributed by atoms with van der Waals surface area (Å²) in [6.07, 6.45) is 5.10. The molecule has 2 N–H and O–H groups in total. The summed E-state index contributed by atoms with van der Waals surface area (Å²) in [7, 11) is 1.71. The Balaban J connectivity index is 1.43. The van der Waals surface area contributed by atoms with E-state index in [2.05, 4.69) is 35.2 Å². The Morgan fingerprint density at radius 1 is 1.08 bits per heavy atom. The van der Waals surface area contributed by atoms with Crippen LogP contribution in [0.15, 0.2) is 36.4 Å². The van der Waals surface area contributed by atoms with Crippen molar-refractivity contribution >= 4 is 10.8 Å². The maximum absolute atomic E-state index is 6.11. The van der Waals surface area contributed by atoms with Crippen molar-refractivity contribution in [2.24, 2.45) is 11.7 Å². The summed E-state index contributed by atoms with van der Waals surface area (Å²) < 4.78 is 11.4. The van der Waals surface area contributed by atoms with Crippen molar-refractivity contribution in [2.45, 2.75) is 37.8 Å². The second kappa shape index (κ2) is 7.95. The monoisotopic (exact) mass is 354 g/mol. The number of nitrogens with zero attached hydrogens (tertiary/aromatic N) is 1. The Morgan fingerprint density at radius 2 is 1.85 bits per heavy atom. The average molecular weight is 354 g/mol. The van der Waals surface area contributed by atoms with E-state index in [9.17, 15) is 0 Å². The average Bonchev–Trinajstić information content (AvgIpc) is 2.69. The quantitative estimate of drug-likeness (QED) is 0.909. The second-order valence-corrected chi connectivity index (χ2v) is 7.87. The van der Waals surface area contributed by atoms with E-state index in [4.69, 9.17) is 15.2 Å². The number of hydrogen-bond acceptors (Lipinski definition) is 4. The van der Waals surface area contributed by atoms with E-state index in [1.54, 1.807) is 7.11 Å². The third kappa shape index (κ3) is 4.03. The van der Waals surface area contributed by atoms with Crippen LogP contribution in [0.25, 0.3) is 10.8 Å². The first-order valence-corrected chi connectivity index (χ1v) is 9.88. The van der Waals surface area contributed by atoms with E-state index >= 15 is 0 Å². The summed E-state index contributed by atoms with van der Waals surface area (Å²) in [5, 5.41) is 2.45. The SMILES string of the molecule is COc1ccc2cc([C@H]3CN(CC4CCC(N)CC4)CCO3)ccc2c1. The summed E-state index contributed by atoms with van der Waals surface area (Å²) in [4.78, 5) is 2.59. The van der Waals surface area contributed by atoms with Crippen LogP contribution in [0.4, 0.5) is 0 Å². The minimum Gasteiger partial charge on any atom is -0.497 e. The number of methoxy groups -OCH3 is 1. The molecule has 1 atom stereocenters. The summed E-state index contributed by atoms with van der Waals surface area (Å²) >= 11 is 0. The van der Waals surface area contributed by atoms with Crippen LogP contribution in [0.2, 0.25) is 0 Å². The topological polar surface area (TPSA) is 47.7 Å². The van der Waals surface area contributed by atoms with Crippen LogP contribution in [-0.4, -0.2) is 44.3 Å². The lowest BCUT2D eigenvalue weighted by Gasteiger charge is -2.37. The van der Waals surface area contributed by atoms with E-state index in [0.29, 0.717) is 6.04 Å². The van der Waals surface area contributed by atoms with Crippen LogP contribution >= 0.6 is 0 Å². The number of fused-ring (bicyclic) bond motifs is 1. The van der Waals surface area contributed by atoms with E-state index in [0.717, 1.165) is 31.4 Å². The molecule has 1 heterocycles. The lowest BCUT2D eigenvalue weighted by atomic mass is 9.86. The lowest BCUT2D eigenvalue weighted by molar-refractivity contribution is -0.0361. The molecule has 1 saturated heterocycles. The summed E-state index contributed by atoms with van der Waals surface area (Å²) in [6.45, 7) is 4.04. The molecule has 0 bridgehead atoms. The summed E-state index contributed by atoms with van der Waals surface area (Å²) in [5.74, 6) is 1.70. The summed E-state index contributed by atoms with van der Waals surface area (Å²) in [5.41, 5.74) is 7.33. The van der Waals surface area contributed by atoms with Crippen LogP contribution in [0.1, 0.15) is 37.4 Å². The fourth-order valence-electron chi connectivity index (χ4n) is 4.38. The van der Waals surface area contributed by atoms with Crippen LogP contribution in [0.5, 0.6) is 5.75 Å². The predicted molar refractivity (Wildman–Crippen MR) is 106 cm³/mol. The zero-order valence-electron chi connectivity index (χ0n) is 15.7. The second-order valence-electron chi connectivity index (χ2n) is 7.87. The van der Waals surface area contributed by atoms with Crippen molar-refractivity contribution in [3.05, 3.63) is 42.0 Å². The molecule has 4 nitrogen and oxygen atoms in total. The Morgan fingerprint density at radius 3 is 2.65 bits per heavy atom. The van der Waals surface area contributed by atoms with Gasteiger partial charge in [-0.05, 0) is 66.1 Å². The number of benzene rings is 2. The first-order valence-electron chi connectivity index (χ1n) is 9.88. The Labute approximate surface area is 156 Å². The van der Waals surface area contributed by atoms with Gasteiger partial charge in [0.25, 0.3) is 0 Å². The minimum atomic E-state index is 0.168. The number of hydrogen-bond donors (Lipinski definition) is 1. The predicted octanol–water partition coefficient (Wildman–Crippen LogP) is 3.74. The summed E-state index contributed by atoms with van der Waals surface area (Å²) in [6, 6.07) is 13.3. The van der Waals surface area contributed by atoms with E-state index in [1.165, 1.54) is 48.6 Å². The van der Waals surface area contributed by atoms with Crippen molar-refractivity contribution in [1.29, 1.82) is 0 Å². The fraction of sp³-hybridized carbons (Fsp3) is 0.545. The maximum atomic E-state index is 6.11. The molecule has 4 heteroatoms. The molecule has 1 aliphatic carbocycles. The molecule has 1 saturated carbocycles. The van der Waals surface area contributed by atoms with Gasteiger partial charge in [0.15, 0.2) is 0 Å². The van der Waals surface area contributed by atoms with Gasteiger partial charge in [-0.2, -0.15) is 0 Å². The van der Waals surface area contributed by atoms with Crippen LogP contribution in [0.3, 0.4) is 0 Å². The van der Waals surface area contributed by atoms with Gasteiger partial charge in [0.05, 0.1) is 19.8 Å². The third-order valence-electron chi connectivity index (χ3n) is 6.00. The van der Waals surface area contributed by atoms with Crippen molar-refractivity contribution in [1.82, 2.24) is 4.90 Å². The van der Waals surface area contributed by atoms with Gasteiger partial charge in [0.1, 0.15) is 5.75 Å². The highest BCUT2D eigenvalue weighted by Crippen LogP contribution is 2.30. The first kappa shape index (κ1) is 17.8. The van der Waals surface area contributed by atoms with Gasteiger partial charge in [-0.15, -0.1) is 0 Å². The fourth-order valence-corrected chi connectivity index (χ4v) is 4.38. The molecule has 2 fully saturated rings. The van der Waals surface area contributed by atoms with Crippen molar-refractivity contribution in [2.75, 3.05) is 33.4 Å². The molecular weight excluding hydrogens is 324 g/mol. The van der Waals surface area contributed by atoms with E-state index < -0.39 is 0 Å². The molecule has 2 aromatic carbocycles. The van der Waals surface area contributed by atoms with Crippen molar-refractivity contribution in [3.63, 3.8) is 0 Å². The van der Waals surface area contributed by atoms with E-state index in [-0.39, 0.29) is 6.10 Å². The largest absolute Gasteiger partial charge is 0.497 e. The smallest absolute Gasteiger partial charge is 0.119 e. The molecule has 1 aliphatic heterocycles. The molecule has 0 aromatic heterocycles. The van der Waals surface area contributed by atoms with Gasteiger partial charge in [-0.1, -0.05) is 18.2 Å². The number of morpholine rings is 1. The zero-order valence-corrected chi connectivity index (χ0v) is 15.7. The minimum absolute atomic E-state index is 0.168. The first-order chi connectivity index (χ1) is 12.7. The Hall–Kier alpha value is -1.62. The van der Waals surface area contributed by atoms with Crippen LogP contribution < -0.4 is 10.5 Å². The van der Waals surface area contributed by atoms with Crippen LogP contribution in [0, 0.1) is 5.92 Å². The molecular formula is C22H30N2O2. The lowest BCUT2D eigenvalue weighted by Crippen LogP contribution is -2.42. The highest BCUT2D eigenvalue weighted by Gasteiger charge is 2.26. The van der Waals surface area contributed by atoms with Gasteiger partial charge in [-0.3, -0.25) is 4.90 Å². The molecule has 140 valence electrons. The van der Waals surface area contributed by atoms with Gasteiger partial charge >= 0.3 is 0 Å². The number of nitrogens with two attached hydrogens (primary N) is 1. The molecule has 4 rings (SSSR count). The molecule has 2 aliphatic rings. The Bertz CT molecular complexity index is 740.